The van der Waals surface area contributed by atoms with Gasteiger partial charge in [-0.1, -0.05) is 37.1 Å². The first kappa shape index (κ1) is 13.9. The van der Waals surface area contributed by atoms with Crippen molar-refractivity contribution in [2.24, 2.45) is 5.92 Å². The molecular formula is C17H21N3O. The molecule has 0 atom stereocenters. The zero-order chi connectivity index (χ0) is 14.7. The van der Waals surface area contributed by atoms with Crippen molar-refractivity contribution in [1.29, 1.82) is 0 Å². The Morgan fingerprint density at radius 1 is 1.33 bits per heavy atom. The van der Waals surface area contributed by atoms with Gasteiger partial charge in [0.2, 0.25) is 0 Å². The van der Waals surface area contributed by atoms with Crippen LogP contribution in [0.2, 0.25) is 0 Å². The molecule has 0 bridgehead atoms. The molecule has 0 aliphatic heterocycles. The lowest BCUT2D eigenvalue weighted by Crippen LogP contribution is -2.26. The maximum Gasteiger partial charge on any atom is 0.269 e. The SMILES string of the molecule is CCNc1nc(C(=O)NCCC2CC2)cc2ccccc12. The molecule has 2 aromatic rings. The molecule has 110 valence electrons. The monoisotopic (exact) mass is 283 g/mol. The molecule has 1 aliphatic carbocycles. The van der Waals surface area contributed by atoms with E-state index in [9.17, 15) is 4.79 Å². The van der Waals surface area contributed by atoms with Crippen molar-refractivity contribution in [1.82, 2.24) is 10.3 Å². The number of pyridine rings is 1. The summed E-state index contributed by atoms with van der Waals surface area (Å²) in [6, 6.07) is 9.86. The summed E-state index contributed by atoms with van der Waals surface area (Å²) in [5.41, 5.74) is 0.487. The van der Waals surface area contributed by atoms with Gasteiger partial charge in [-0.05, 0) is 30.7 Å². The highest BCUT2D eigenvalue weighted by Gasteiger charge is 2.21. The highest BCUT2D eigenvalue weighted by Crippen LogP contribution is 2.31. The van der Waals surface area contributed by atoms with E-state index in [1.165, 1.54) is 12.8 Å². The topological polar surface area (TPSA) is 54.0 Å². The van der Waals surface area contributed by atoms with Crippen LogP contribution in [-0.4, -0.2) is 24.0 Å². The Kier molecular flexibility index (Phi) is 4.04. The fourth-order valence-electron chi connectivity index (χ4n) is 2.50. The van der Waals surface area contributed by atoms with Crippen LogP contribution in [0.3, 0.4) is 0 Å². The number of anilines is 1. The number of hydrogen-bond acceptors (Lipinski definition) is 3. The minimum absolute atomic E-state index is 0.0828. The maximum atomic E-state index is 12.2. The predicted octanol–water partition coefficient (Wildman–Crippen LogP) is 3.20. The van der Waals surface area contributed by atoms with Gasteiger partial charge in [-0.25, -0.2) is 4.98 Å². The Labute approximate surface area is 125 Å². The molecule has 1 aromatic carbocycles. The Balaban J connectivity index is 1.81. The van der Waals surface area contributed by atoms with Gasteiger partial charge in [0.05, 0.1) is 0 Å². The number of fused-ring (bicyclic) bond motifs is 1. The van der Waals surface area contributed by atoms with Crippen molar-refractivity contribution in [2.45, 2.75) is 26.2 Å². The van der Waals surface area contributed by atoms with Crippen LogP contribution in [0, 0.1) is 5.92 Å². The Bertz CT molecular complexity index is 650. The van der Waals surface area contributed by atoms with Crippen molar-refractivity contribution in [2.75, 3.05) is 18.4 Å². The first-order valence-corrected chi connectivity index (χ1v) is 7.69. The van der Waals surface area contributed by atoms with E-state index in [0.29, 0.717) is 5.69 Å². The fourth-order valence-corrected chi connectivity index (χ4v) is 2.50. The lowest BCUT2D eigenvalue weighted by atomic mass is 10.1. The van der Waals surface area contributed by atoms with E-state index in [-0.39, 0.29) is 5.91 Å². The van der Waals surface area contributed by atoms with Gasteiger partial charge in [0.15, 0.2) is 0 Å². The third kappa shape index (κ3) is 3.32. The van der Waals surface area contributed by atoms with Gasteiger partial charge in [0.25, 0.3) is 5.91 Å². The van der Waals surface area contributed by atoms with Crippen molar-refractivity contribution in [3.05, 3.63) is 36.0 Å². The van der Waals surface area contributed by atoms with Gasteiger partial charge in [-0.2, -0.15) is 0 Å². The lowest BCUT2D eigenvalue weighted by molar-refractivity contribution is 0.0948. The quantitative estimate of drug-likeness (QED) is 0.856. The third-order valence-electron chi connectivity index (χ3n) is 3.85. The van der Waals surface area contributed by atoms with Gasteiger partial charge in [-0.15, -0.1) is 0 Å². The Hall–Kier alpha value is -2.10. The summed E-state index contributed by atoms with van der Waals surface area (Å²) >= 11 is 0. The van der Waals surface area contributed by atoms with Crippen LogP contribution >= 0.6 is 0 Å². The fraction of sp³-hybridized carbons (Fsp3) is 0.412. The van der Waals surface area contributed by atoms with E-state index in [1.54, 1.807) is 0 Å². The molecule has 4 nitrogen and oxygen atoms in total. The molecule has 1 heterocycles. The molecule has 3 rings (SSSR count). The van der Waals surface area contributed by atoms with Crippen LogP contribution in [0.4, 0.5) is 5.82 Å². The summed E-state index contributed by atoms with van der Waals surface area (Å²) in [6.45, 7) is 3.55. The molecule has 0 spiro atoms. The second-order valence-corrected chi connectivity index (χ2v) is 5.60. The standard InChI is InChI=1S/C17H21N3O/c1-2-18-16-14-6-4-3-5-13(14)11-15(20-16)17(21)19-10-9-12-7-8-12/h3-6,11-12H,2,7-10H2,1H3,(H,18,20)(H,19,21). The molecule has 21 heavy (non-hydrogen) atoms. The second-order valence-electron chi connectivity index (χ2n) is 5.60. The van der Waals surface area contributed by atoms with E-state index in [0.717, 1.165) is 42.0 Å². The number of carbonyl (C=O) groups excluding carboxylic acids is 1. The van der Waals surface area contributed by atoms with Gasteiger partial charge in [0, 0.05) is 18.5 Å². The van der Waals surface area contributed by atoms with Crippen molar-refractivity contribution < 1.29 is 4.79 Å². The van der Waals surface area contributed by atoms with Crippen LogP contribution in [-0.2, 0) is 0 Å². The average molecular weight is 283 g/mol. The van der Waals surface area contributed by atoms with Crippen molar-refractivity contribution >= 4 is 22.5 Å². The van der Waals surface area contributed by atoms with Crippen molar-refractivity contribution in [3.63, 3.8) is 0 Å². The maximum absolute atomic E-state index is 12.2. The molecule has 0 saturated heterocycles. The number of rotatable bonds is 6. The highest BCUT2D eigenvalue weighted by atomic mass is 16.1. The van der Waals surface area contributed by atoms with E-state index >= 15 is 0 Å². The molecule has 4 heteroatoms. The third-order valence-corrected chi connectivity index (χ3v) is 3.85. The van der Waals surface area contributed by atoms with Gasteiger partial charge in [-0.3, -0.25) is 4.79 Å². The van der Waals surface area contributed by atoms with Crippen LogP contribution in [0.5, 0.6) is 0 Å². The predicted molar refractivity (Wildman–Crippen MR) is 85.6 cm³/mol. The Morgan fingerprint density at radius 3 is 2.90 bits per heavy atom. The zero-order valence-corrected chi connectivity index (χ0v) is 12.4. The summed E-state index contributed by atoms with van der Waals surface area (Å²) in [5.74, 6) is 1.52. The van der Waals surface area contributed by atoms with Crippen molar-refractivity contribution in [3.8, 4) is 0 Å². The summed E-state index contributed by atoms with van der Waals surface area (Å²) in [4.78, 5) is 16.7. The van der Waals surface area contributed by atoms with Crippen LogP contribution in [0.25, 0.3) is 10.8 Å². The Morgan fingerprint density at radius 2 is 2.14 bits per heavy atom. The summed E-state index contributed by atoms with van der Waals surface area (Å²) in [5, 5.41) is 8.30. The summed E-state index contributed by atoms with van der Waals surface area (Å²) < 4.78 is 0. The number of aromatic nitrogens is 1. The summed E-state index contributed by atoms with van der Waals surface area (Å²) in [7, 11) is 0. The van der Waals surface area contributed by atoms with E-state index < -0.39 is 0 Å². The lowest BCUT2D eigenvalue weighted by Gasteiger charge is -2.10. The van der Waals surface area contributed by atoms with E-state index in [1.807, 2.05) is 37.3 Å². The average Bonchev–Trinajstić information content (AvgIpc) is 3.31. The number of amides is 1. The van der Waals surface area contributed by atoms with E-state index in [4.69, 9.17) is 0 Å². The largest absolute Gasteiger partial charge is 0.370 e. The van der Waals surface area contributed by atoms with Gasteiger partial charge >= 0.3 is 0 Å². The van der Waals surface area contributed by atoms with Crippen LogP contribution in [0.15, 0.2) is 30.3 Å². The normalized spacial score (nSPS) is 14.1. The first-order chi connectivity index (χ1) is 10.3. The molecule has 0 unspecified atom stereocenters. The minimum Gasteiger partial charge on any atom is -0.370 e. The smallest absolute Gasteiger partial charge is 0.269 e. The minimum atomic E-state index is -0.0828. The number of nitrogens with one attached hydrogen (secondary N) is 2. The number of nitrogens with zero attached hydrogens (tertiary/aromatic N) is 1. The number of hydrogen-bond donors (Lipinski definition) is 2. The molecule has 0 radical (unpaired) electrons. The molecule has 1 aliphatic rings. The number of benzene rings is 1. The van der Waals surface area contributed by atoms with Crippen LogP contribution in [0.1, 0.15) is 36.7 Å². The molecule has 1 aromatic heterocycles. The number of carbonyl (C=O) groups is 1. The molecule has 1 amide bonds. The second kappa shape index (κ2) is 6.12. The molecular weight excluding hydrogens is 262 g/mol. The van der Waals surface area contributed by atoms with Crippen LogP contribution < -0.4 is 10.6 Å². The zero-order valence-electron chi connectivity index (χ0n) is 12.4. The molecule has 1 saturated carbocycles. The molecule has 1 fully saturated rings. The first-order valence-electron chi connectivity index (χ1n) is 7.69. The van der Waals surface area contributed by atoms with Gasteiger partial charge in [0.1, 0.15) is 11.5 Å². The highest BCUT2D eigenvalue weighted by molar-refractivity contribution is 6.00. The summed E-state index contributed by atoms with van der Waals surface area (Å²) in [6.07, 6.45) is 3.71. The molecule has 2 N–H and O–H groups in total. The van der Waals surface area contributed by atoms with E-state index in [2.05, 4.69) is 15.6 Å². The van der Waals surface area contributed by atoms with Gasteiger partial charge < -0.3 is 10.6 Å².